The van der Waals surface area contributed by atoms with Gasteiger partial charge in [0.05, 0.1) is 54.8 Å². The first-order valence-electron chi connectivity index (χ1n) is 18.9. The van der Waals surface area contributed by atoms with E-state index in [9.17, 15) is 24.3 Å². The molecule has 1 fully saturated rings. The van der Waals surface area contributed by atoms with E-state index in [4.69, 9.17) is 15.2 Å². The lowest BCUT2D eigenvalue weighted by molar-refractivity contribution is -0.147. The molecule has 4 amide bonds. The van der Waals surface area contributed by atoms with Gasteiger partial charge in [-0.05, 0) is 64.2 Å². The van der Waals surface area contributed by atoms with Gasteiger partial charge in [-0.25, -0.2) is 0 Å². The number of hydrogen-bond donors (Lipinski definition) is 4. The molecule has 0 radical (unpaired) electrons. The summed E-state index contributed by atoms with van der Waals surface area (Å²) in [7, 11) is 8.47. The quantitative estimate of drug-likeness (QED) is 0.149. The predicted molar refractivity (Wildman–Crippen MR) is 203 cm³/mol. The van der Waals surface area contributed by atoms with Crippen molar-refractivity contribution < 1.29 is 33.8 Å². The summed E-state index contributed by atoms with van der Waals surface area (Å²) in [5.41, 5.74) is 6.63. The minimum atomic E-state index is -0.880. The van der Waals surface area contributed by atoms with Crippen LogP contribution in [0.3, 0.4) is 0 Å². The monoisotopic (exact) mass is 733 g/mol. The number of hydrogen-bond acceptors (Lipinski definition) is 9. The van der Waals surface area contributed by atoms with Gasteiger partial charge in [-0.3, -0.25) is 24.1 Å². The van der Waals surface area contributed by atoms with Gasteiger partial charge in [0.15, 0.2) is 0 Å². The maximum atomic E-state index is 14.1. The van der Waals surface area contributed by atoms with Crippen molar-refractivity contribution in [2.24, 2.45) is 23.5 Å². The van der Waals surface area contributed by atoms with Crippen molar-refractivity contribution in [1.82, 2.24) is 25.3 Å². The normalized spacial score (nSPS) is 20.0. The standard InChI is InChI=1S/C39H68N6O7/c1-12-25(4)34(44(9)39(50)29(20-21-40)42-38(49)33(24(2)3)43(7)8)31(51-10)23-32(46)45-22-16-19-30(45)36(52-11)26(5)37(48)41-27(6)35(47)28-17-14-13-15-18-28/h13-15,17-18,24-27,29-31,33-36,47H,12,16,19-23,40H2,1-11H3,(H,41,48)(H,42,49)/t25-,26+,27+,29?,30?,31+,33?,34-,35+,36+/m0/s1. The number of carbonyl (C=O) groups is 4. The van der Waals surface area contributed by atoms with E-state index in [-0.39, 0.29) is 60.9 Å². The maximum Gasteiger partial charge on any atom is 0.245 e. The van der Waals surface area contributed by atoms with Crippen LogP contribution in [0.1, 0.15) is 85.3 Å². The molecule has 5 N–H and O–H groups in total. The lowest BCUT2D eigenvalue weighted by atomic mass is 9.89. The van der Waals surface area contributed by atoms with Crippen LogP contribution in [-0.2, 0) is 28.7 Å². The van der Waals surface area contributed by atoms with Gasteiger partial charge in [0.25, 0.3) is 0 Å². The average molecular weight is 733 g/mol. The first-order valence-corrected chi connectivity index (χ1v) is 18.9. The Labute approximate surface area is 312 Å². The molecule has 10 atom stereocenters. The highest BCUT2D eigenvalue weighted by Gasteiger charge is 2.43. The molecule has 1 saturated heterocycles. The third kappa shape index (κ3) is 11.7. The highest BCUT2D eigenvalue weighted by atomic mass is 16.5. The third-order valence-corrected chi connectivity index (χ3v) is 10.8. The number of nitrogens with zero attached hydrogens (tertiary/aromatic N) is 3. The fourth-order valence-electron chi connectivity index (χ4n) is 7.74. The van der Waals surface area contributed by atoms with E-state index in [1.165, 1.54) is 0 Å². The highest BCUT2D eigenvalue weighted by Crippen LogP contribution is 2.30. The average Bonchev–Trinajstić information content (AvgIpc) is 3.60. The van der Waals surface area contributed by atoms with Gasteiger partial charge in [-0.1, -0.05) is 71.4 Å². The Morgan fingerprint density at radius 3 is 2.13 bits per heavy atom. The van der Waals surface area contributed by atoms with E-state index in [0.29, 0.717) is 18.5 Å². The summed E-state index contributed by atoms with van der Waals surface area (Å²) in [5.74, 6) is -1.57. The molecule has 0 aliphatic carbocycles. The van der Waals surface area contributed by atoms with Crippen molar-refractivity contribution >= 4 is 23.6 Å². The van der Waals surface area contributed by atoms with Gasteiger partial charge in [0, 0.05) is 27.8 Å². The molecule has 1 aliphatic heterocycles. The van der Waals surface area contributed by atoms with Crippen LogP contribution in [0.25, 0.3) is 0 Å². The summed E-state index contributed by atoms with van der Waals surface area (Å²) in [6.07, 6.45) is 0.321. The molecule has 3 unspecified atom stereocenters. The van der Waals surface area contributed by atoms with Crippen molar-refractivity contribution in [3.63, 3.8) is 0 Å². The molecule has 13 nitrogen and oxygen atoms in total. The first-order chi connectivity index (χ1) is 24.5. The largest absolute Gasteiger partial charge is 0.386 e. The Balaban J connectivity index is 2.24. The number of rotatable bonds is 21. The Morgan fingerprint density at radius 2 is 1.62 bits per heavy atom. The molecule has 1 aliphatic rings. The Kier molecular flexibility index (Phi) is 18.7. The third-order valence-electron chi connectivity index (χ3n) is 10.8. The smallest absolute Gasteiger partial charge is 0.245 e. The number of nitrogens with one attached hydrogen (secondary N) is 2. The summed E-state index contributed by atoms with van der Waals surface area (Å²) >= 11 is 0. The van der Waals surface area contributed by atoms with E-state index < -0.39 is 48.4 Å². The molecule has 13 heteroatoms. The number of likely N-dealkylation sites (N-methyl/N-ethyl adjacent to an activating group) is 2. The zero-order valence-corrected chi connectivity index (χ0v) is 33.5. The molecule has 0 bridgehead atoms. The Bertz CT molecular complexity index is 1260. The maximum absolute atomic E-state index is 14.1. The summed E-state index contributed by atoms with van der Waals surface area (Å²) < 4.78 is 11.9. The number of aliphatic hydroxyl groups is 1. The fraction of sp³-hybridized carbons (Fsp3) is 0.744. The number of methoxy groups -OCH3 is 2. The van der Waals surface area contributed by atoms with Crippen LogP contribution in [0.2, 0.25) is 0 Å². The second-order valence-electron chi connectivity index (χ2n) is 15.0. The summed E-state index contributed by atoms with van der Waals surface area (Å²) in [4.78, 5) is 60.3. The van der Waals surface area contributed by atoms with Gasteiger partial charge in [-0.2, -0.15) is 0 Å². The zero-order valence-electron chi connectivity index (χ0n) is 33.5. The molecule has 0 saturated carbocycles. The zero-order chi connectivity index (χ0) is 39.3. The molecular formula is C39H68N6O7. The number of likely N-dealkylation sites (tertiary alicyclic amines) is 1. The van der Waals surface area contributed by atoms with Gasteiger partial charge >= 0.3 is 0 Å². The molecule has 1 aromatic rings. The Hall–Kier alpha value is -3.10. The number of amides is 4. The van der Waals surface area contributed by atoms with E-state index in [2.05, 4.69) is 10.6 Å². The van der Waals surface area contributed by atoms with Crippen LogP contribution >= 0.6 is 0 Å². The van der Waals surface area contributed by atoms with Crippen molar-refractivity contribution in [2.75, 3.05) is 48.5 Å². The molecule has 0 aromatic heterocycles. The van der Waals surface area contributed by atoms with Gasteiger partial charge in [-0.15, -0.1) is 0 Å². The highest BCUT2D eigenvalue weighted by molar-refractivity contribution is 5.90. The molecule has 1 aromatic carbocycles. The van der Waals surface area contributed by atoms with E-state index in [0.717, 1.165) is 12.8 Å². The van der Waals surface area contributed by atoms with Crippen molar-refractivity contribution in [3.8, 4) is 0 Å². The van der Waals surface area contributed by atoms with Crippen molar-refractivity contribution in [1.29, 1.82) is 0 Å². The van der Waals surface area contributed by atoms with E-state index in [1.54, 1.807) is 44.9 Å². The summed E-state index contributed by atoms with van der Waals surface area (Å²) in [6.45, 7) is 12.2. The SMILES string of the molecule is CC[C@H](C)[C@@H]([C@@H](CC(=O)N1CCCC1[C@H](OC)[C@@H](C)C(=O)N[C@H](C)[C@@H](O)c1ccccc1)OC)N(C)C(=O)C(CCN)NC(=O)C(C(C)C)N(C)C. The van der Waals surface area contributed by atoms with Crippen LogP contribution in [0.5, 0.6) is 0 Å². The van der Waals surface area contributed by atoms with Gasteiger partial charge in [0.1, 0.15) is 6.04 Å². The molecule has 0 spiro atoms. The number of carbonyl (C=O) groups excluding carboxylic acids is 4. The molecule has 1 heterocycles. The van der Waals surface area contributed by atoms with Crippen LogP contribution < -0.4 is 16.4 Å². The van der Waals surface area contributed by atoms with E-state index in [1.807, 2.05) is 77.0 Å². The van der Waals surface area contributed by atoms with Gasteiger partial charge < -0.3 is 40.7 Å². The first kappa shape index (κ1) is 45.1. The number of nitrogens with two attached hydrogens (primary N) is 1. The lowest BCUT2D eigenvalue weighted by Crippen LogP contribution is -2.58. The van der Waals surface area contributed by atoms with Crippen LogP contribution in [-0.4, -0.2) is 134 Å². The second kappa shape index (κ2) is 21.6. The second-order valence-corrected chi connectivity index (χ2v) is 15.0. The summed E-state index contributed by atoms with van der Waals surface area (Å²) in [6, 6.07) is 6.55. The topological polar surface area (TPSA) is 167 Å². The minimum absolute atomic E-state index is 0.0148. The van der Waals surface area contributed by atoms with E-state index >= 15 is 0 Å². The molecule has 2 rings (SSSR count). The summed E-state index contributed by atoms with van der Waals surface area (Å²) in [5, 5.41) is 16.7. The van der Waals surface area contributed by atoms with Crippen LogP contribution in [0.4, 0.5) is 0 Å². The fourth-order valence-corrected chi connectivity index (χ4v) is 7.74. The molecule has 52 heavy (non-hydrogen) atoms. The van der Waals surface area contributed by atoms with Crippen LogP contribution in [0.15, 0.2) is 30.3 Å². The van der Waals surface area contributed by atoms with Crippen molar-refractivity contribution in [3.05, 3.63) is 35.9 Å². The van der Waals surface area contributed by atoms with Crippen LogP contribution in [0, 0.1) is 17.8 Å². The predicted octanol–water partition coefficient (Wildman–Crippen LogP) is 2.56. The lowest BCUT2D eigenvalue weighted by Gasteiger charge is -2.40. The Morgan fingerprint density at radius 1 is 0.981 bits per heavy atom. The number of ether oxygens (including phenoxy) is 2. The number of benzene rings is 1. The molecule has 296 valence electrons. The van der Waals surface area contributed by atoms with Crippen molar-refractivity contribution in [2.45, 2.75) is 122 Å². The molecular weight excluding hydrogens is 664 g/mol. The number of aliphatic hydroxyl groups excluding tert-OH is 1. The minimum Gasteiger partial charge on any atom is -0.386 e. The van der Waals surface area contributed by atoms with Gasteiger partial charge in [0.2, 0.25) is 23.6 Å².